The van der Waals surface area contributed by atoms with Crippen LogP contribution in [0.4, 0.5) is 5.95 Å². The van der Waals surface area contributed by atoms with E-state index in [1.807, 2.05) is 19.9 Å². The van der Waals surface area contributed by atoms with Crippen molar-refractivity contribution in [3.63, 3.8) is 0 Å². The van der Waals surface area contributed by atoms with E-state index in [9.17, 15) is 0 Å². The second kappa shape index (κ2) is 5.96. The average Bonchev–Trinajstić information content (AvgIpc) is 2.76. The van der Waals surface area contributed by atoms with Crippen molar-refractivity contribution in [2.45, 2.75) is 33.1 Å². The molecule has 0 unspecified atom stereocenters. The zero-order valence-corrected chi connectivity index (χ0v) is 10.9. The van der Waals surface area contributed by atoms with Crippen LogP contribution in [0.5, 0.6) is 0 Å². The Kier molecular flexibility index (Phi) is 4.31. The number of nitrogens with one attached hydrogen (secondary N) is 1. The fraction of sp³-hybridized carbons (Fsp3) is 0.692. The van der Waals surface area contributed by atoms with Gasteiger partial charge < -0.3 is 10.2 Å². The molecule has 2 heterocycles. The molecule has 2 rings (SSSR count). The molecule has 0 radical (unpaired) electrons. The summed E-state index contributed by atoms with van der Waals surface area (Å²) in [5.41, 5.74) is 2.05. The fourth-order valence-electron chi connectivity index (χ4n) is 2.31. The van der Waals surface area contributed by atoms with Gasteiger partial charge in [0.05, 0.1) is 0 Å². The highest BCUT2D eigenvalue weighted by Gasteiger charge is 2.10. The zero-order valence-electron chi connectivity index (χ0n) is 10.9. The van der Waals surface area contributed by atoms with Gasteiger partial charge in [0.2, 0.25) is 5.95 Å². The van der Waals surface area contributed by atoms with Crippen LogP contribution >= 0.6 is 0 Å². The van der Waals surface area contributed by atoms with E-state index in [1.54, 1.807) is 0 Å². The standard InChI is InChI=1S/C13H22N4/c1-11-10-12(2)16-13(15-11)14-6-5-9-17-7-3-4-8-17/h10H,3-9H2,1-2H3,(H,14,15,16). The van der Waals surface area contributed by atoms with Crippen LogP contribution in [-0.2, 0) is 0 Å². The van der Waals surface area contributed by atoms with E-state index in [2.05, 4.69) is 20.2 Å². The van der Waals surface area contributed by atoms with Gasteiger partial charge in [0, 0.05) is 17.9 Å². The largest absolute Gasteiger partial charge is 0.354 e. The highest BCUT2D eigenvalue weighted by Crippen LogP contribution is 2.08. The van der Waals surface area contributed by atoms with E-state index in [-0.39, 0.29) is 0 Å². The van der Waals surface area contributed by atoms with E-state index >= 15 is 0 Å². The average molecular weight is 234 g/mol. The van der Waals surface area contributed by atoms with Crippen molar-refractivity contribution < 1.29 is 0 Å². The Balaban J connectivity index is 1.70. The Morgan fingerprint density at radius 2 is 1.82 bits per heavy atom. The van der Waals surface area contributed by atoms with Crippen LogP contribution in [0, 0.1) is 13.8 Å². The Bertz CT molecular complexity index is 338. The molecule has 0 aliphatic carbocycles. The third-order valence-corrected chi connectivity index (χ3v) is 3.12. The van der Waals surface area contributed by atoms with Crippen molar-refractivity contribution >= 4 is 5.95 Å². The number of aromatic nitrogens is 2. The first-order valence-corrected chi connectivity index (χ1v) is 6.52. The van der Waals surface area contributed by atoms with Gasteiger partial charge in [-0.1, -0.05) is 0 Å². The molecule has 94 valence electrons. The predicted molar refractivity (Wildman–Crippen MR) is 70.3 cm³/mol. The van der Waals surface area contributed by atoms with Gasteiger partial charge >= 0.3 is 0 Å². The molecule has 0 aromatic carbocycles. The molecule has 1 aliphatic rings. The number of nitrogens with zero attached hydrogens (tertiary/aromatic N) is 3. The molecule has 17 heavy (non-hydrogen) atoms. The summed E-state index contributed by atoms with van der Waals surface area (Å²) in [4.78, 5) is 11.3. The summed E-state index contributed by atoms with van der Waals surface area (Å²) in [7, 11) is 0. The van der Waals surface area contributed by atoms with Crippen LogP contribution in [0.1, 0.15) is 30.7 Å². The Labute approximate surface area is 103 Å². The summed E-state index contributed by atoms with van der Waals surface area (Å²) in [6.45, 7) is 8.71. The van der Waals surface area contributed by atoms with Gasteiger partial charge in [0.15, 0.2) is 0 Å². The zero-order chi connectivity index (χ0) is 12.1. The first-order chi connectivity index (χ1) is 8.24. The van der Waals surface area contributed by atoms with Gasteiger partial charge in [-0.15, -0.1) is 0 Å². The van der Waals surface area contributed by atoms with E-state index in [1.165, 1.54) is 32.5 Å². The highest BCUT2D eigenvalue weighted by molar-refractivity contribution is 5.27. The molecule has 0 bridgehead atoms. The minimum atomic E-state index is 0.768. The van der Waals surface area contributed by atoms with Gasteiger partial charge in [-0.3, -0.25) is 0 Å². The number of aryl methyl sites for hydroxylation is 2. The molecule has 4 nitrogen and oxygen atoms in total. The molecule has 1 aliphatic heterocycles. The molecule has 1 N–H and O–H groups in total. The maximum absolute atomic E-state index is 4.37. The predicted octanol–water partition coefficient (Wildman–Crippen LogP) is 1.99. The number of rotatable bonds is 5. The van der Waals surface area contributed by atoms with Crippen molar-refractivity contribution in [1.29, 1.82) is 0 Å². The molecular formula is C13H22N4. The van der Waals surface area contributed by atoms with Crippen molar-refractivity contribution in [3.8, 4) is 0 Å². The number of hydrogen-bond acceptors (Lipinski definition) is 4. The monoisotopic (exact) mass is 234 g/mol. The SMILES string of the molecule is Cc1cc(C)nc(NCCCN2CCCC2)n1. The summed E-state index contributed by atoms with van der Waals surface area (Å²) in [6.07, 6.45) is 3.90. The summed E-state index contributed by atoms with van der Waals surface area (Å²) >= 11 is 0. The van der Waals surface area contributed by atoms with Crippen LogP contribution < -0.4 is 5.32 Å². The molecule has 0 saturated carbocycles. The lowest BCUT2D eigenvalue weighted by atomic mass is 10.3. The number of anilines is 1. The smallest absolute Gasteiger partial charge is 0.223 e. The van der Waals surface area contributed by atoms with E-state index < -0.39 is 0 Å². The van der Waals surface area contributed by atoms with E-state index in [4.69, 9.17) is 0 Å². The first-order valence-electron chi connectivity index (χ1n) is 6.52. The molecule has 1 aromatic heterocycles. The number of likely N-dealkylation sites (tertiary alicyclic amines) is 1. The summed E-state index contributed by atoms with van der Waals surface area (Å²) in [5, 5.41) is 3.30. The molecule has 0 atom stereocenters. The molecule has 1 fully saturated rings. The van der Waals surface area contributed by atoms with Crippen molar-refractivity contribution in [2.75, 3.05) is 31.5 Å². The van der Waals surface area contributed by atoms with Crippen LogP contribution in [0.2, 0.25) is 0 Å². The molecule has 0 amide bonds. The summed E-state index contributed by atoms with van der Waals surface area (Å²) < 4.78 is 0. The van der Waals surface area contributed by atoms with Gasteiger partial charge in [-0.25, -0.2) is 9.97 Å². The van der Waals surface area contributed by atoms with Gasteiger partial charge in [0.25, 0.3) is 0 Å². The third-order valence-electron chi connectivity index (χ3n) is 3.12. The minimum absolute atomic E-state index is 0.768. The molecule has 1 aromatic rings. The first kappa shape index (κ1) is 12.3. The fourth-order valence-corrected chi connectivity index (χ4v) is 2.31. The molecule has 0 spiro atoms. The van der Waals surface area contributed by atoms with E-state index in [0.29, 0.717) is 0 Å². The van der Waals surface area contributed by atoms with Crippen LogP contribution in [-0.4, -0.2) is 41.0 Å². The highest BCUT2D eigenvalue weighted by atomic mass is 15.1. The minimum Gasteiger partial charge on any atom is -0.354 e. The maximum Gasteiger partial charge on any atom is 0.223 e. The normalized spacial score (nSPS) is 16.4. The second-order valence-corrected chi connectivity index (χ2v) is 4.80. The third kappa shape index (κ3) is 3.97. The molecular weight excluding hydrogens is 212 g/mol. The summed E-state index contributed by atoms with van der Waals surface area (Å²) in [6, 6.07) is 2.00. The summed E-state index contributed by atoms with van der Waals surface area (Å²) in [5.74, 6) is 0.768. The van der Waals surface area contributed by atoms with Crippen molar-refractivity contribution in [2.24, 2.45) is 0 Å². The molecule has 1 saturated heterocycles. The topological polar surface area (TPSA) is 41.1 Å². The lowest BCUT2D eigenvalue weighted by molar-refractivity contribution is 0.337. The van der Waals surface area contributed by atoms with Gasteiger partial charge in [0.1, 0.15) is 0 Å². The van der Waals surface area contributed by atoms with Crippen LogP contribution in [0.25, 0.3) is 0 Å². The van der Waals surface area contributed by atoms with Crippen LogP contribution in [0.15, 0.2) is 6.07 Å². The Morgan fingerprint density at radius 1 is 1.18 bits per heavy atom. The van der Waals surface area contributed by atoms with Gasteiger partial charge in [-0.2, -0.15) is 0 Å². The maximum atomic E-state index is 4.37. The van der Waals surface area contributed by atoms with Crippen molar-refractivity contribution in [3.05, 3.63) is 17.5 Å². The number of hydrogen-bond donors (Lipinski definition) is 1. The Morgan fingerprint density at radius 3 is 2.47 bits per heavy atom. The second-order valence-electron chi connectivity index (χ2n) is 4.80. The van der Waals surface area contributed by atoms with Crippen LogP contribution in [0.3, 0.4) is 0 Å². The molecule has 4 heteroatoms. The van der Waals surface area contributed by atoms with Crippen molar-refractivity contribution in [1.82, 2.24) is 14.9 Å². The quantitative estimate of drug-likeness (QED) is 0.791. The lowest BCUT2D eigenvalue weighted by Gasteiger charge is -2.14. The van der Waals surface area contributed by atoms with Gasteiger partial charge in [-0.05, 0) is 58.8 Å². The lowest BCUT2D eigenvalue weighted by Crippen LogP contribution is -2.22. The Hall–Kier alpha value is -1.16. The van der Waals surface area contributed by atoms with E-state index in [0.717, 1.165) is 30.3 Å².